The van der Waals surface area contributed by atoms with Crippen LogP contribution < -0.4 is 5.32 Å². The van der Waals surface area contributed by atoms with Crippen LogP contribution in [-0.2, 0) is 6.42 Å². The van der Waals surface area contributed by atoms with E-state index < -0.39 is 17.5 Å². The summed E-state index contributed by atoms with van der Waals surface area (Å²) < 4.78 is 40.4. The molecule has 1 aromatic heterocycles. The van der Waals surface area contributed by atoms with Crippen LogP contribution >= 0.6 is 27.3 Å². The lowest BCUT2D eigenvalue weighted by molar-refractivity contribution is 0.441. The summed E-state index contributed by atoms with van der Waals surface area (Å²) in [7, 11) is 1.70. The monoisotopic (exact) mass is 349 g/mol. The number of hydrogen-bond acceptors (Lipinski definition) is 2. The van der Waals surface area contributed by atoms with E-state index in [9.17, 15) is 13.2 Å². The second kappa shape index (κ2) is 6.07. The fourth-order valence-electron chi connectivity index (χ4n) is 1.82. The van der Waals surface area contributed by atoms with Gasteiger partial charge in [-0.25, -0.2) is 13.2 Å². The van der Waals surface area contributed by atoms with Crippen molar-refractivity contribution in [1.29, 1.82) is 0 Å². The second-order valence-electron chi connectivity index (χ2n) is 4.04. The van der Waals surface area contributed by atoms with Crippen LogP contribution in [0, 0.1) is 17.5 Å². The average Bonchev–Trinajstić information content (AvgIpc) is 2.78. The van der Waals surface area contributed by atoms with E-state index in [1.165, 1.54) is 0 Å². The maximum absolute atomic E-state index is 13.2. The van der Waals surface area contributed by atoms with Gasteiger partial charge >= 0.3 is 0 Å². The summed E-state index contributed by atoms with van der Waals surface area (Å²) in [6, 6.07) is 3.69. The zero-order valence-corrected chi connectivity index (χ0v) is 12.4. The summed E-state index contributed by atoms with van der Waals surface area (Å²) in [5.41, 5.74) is 0.388. The topological polar surface area (TPSA) is 12.0 Å². The summed E-state index contributed by atoms with van der Waals surface area (Å²) in [6.45, 7) is 0. The molecule has 1 heterocycles. The molecule has 0 fully saturated rings. The minimum Gasteiger partial charge on any atom is -0.313 e. The molecule has 1 atom stereocenters. The molecular formula is C13H11BrF3NS. The van der Waals surface area contributed by atoms with Crippen molar-refractivity contribution in [3.05, 3.63) is 55.9 Å². The number of hydrogen-bond donors (Lipinski definition) is 1. The van der Waals surface area contributed by atoms with Gasteiger partial charge in [0.25, 0.3) is 0 Å². The molecule has 1 unspecified atom stereocenters. The molecule has 0 amide bonds. The summed E-state index contributed by atoms with van der Waals surface area (Å²) >= 11 is 4.96. The molecule has 1 aromatic carbocycles. The van der Waals surface area contributed by atoms with Gasteiger partial charge in [0, 0.05) is 21.8 Å². The molecule has 102 valence electrons. The fraction of sp³-hybridized carbons (Fsp3) is 0.231. The molecule has 2 rings (SSSR count). The van der Waals surface area contributed by atoms with Crippen molar-refractivity contribution in [3.8, 4) is 0 Å². The van der Waals surface area contributed by atoms with Gasteiger partial charge in [0.05, 0.1) is 0 Å². The van der Waals surface area contributed by atoms with E-state index in [1.807, 2.05) is 11.4 Å². The van der Waals surface area contributed by atoms with Crippen LogP contribution in [-0.4, -0.2) is 7.05 Å². The van der Waals surface area contributed by atoms with Crippen molar-refractivity contribution in [2.24, 2.45) is 0 Å². The van der Waals surface area contributed by atoms with Gasteiger partial charge in [-0.05, 0) is 52.1 Å². The van der Waals surface area contributed by atoms with Crippen LogP contribution in [0.4, 0.5) is 13.2 Å². The molecule has 1 nitrogen and oxygen atoms in total. The third-order valence-corrected chi connectivity index (χ3v) is 4.79. The quantitative estimate of drug-likeness (QED) is 0.805. The van der Waals surface area contributed by atoms with Gasteiger partial charge in [0.15, 0.2) is 17.5 Å². The Hall–Kier alpha value is -0.850. The molecule has 19 heavy (non-hydrogen) atoms. The van der Waals surface area contributed by atoms with Crippen LogP contribution in [0.3, 0.4) is 0 Å². The lowest BCUT2D eigenvalue weighted by atomic mass is 10.0. The first-order chi connectivity index (χ1) is 9.02. The predicted octanol–water partition coefficient (Wildman–Crippen LogP) is 4.43. The Morgan fingerprint density at radius 1 is 1.26 bits per heavy atom. The number of benzene rings is 1. The Bertz CT molecular complexity index is 562. The Morgan fingerprint density at radius 2 is 1.89 bits per heavy atom. The summed E-state index contributed by atoms with van der Waals surface area (Å²) in [5.74, 6) is -3.77. The van der Waals surface area contributed by atoms with Crippen molar-refractivity contribution >= 4 is 27.3 Å². The molecular weight excluding hydrogens is 339 g/mol. The maximum atomic E-state index is 13.2. The van der Waals surface area contributed by atoms with E-state index >= 15 is 0 Å². The predicted molar refractivity (Wildman–Crippen MR) is 73.8 cm³/mol. The van der Waals surface area contributed by atoms with E-state index in [2.05, 4.69) is 21.2 Å². The minimum absolute atomic E-state index is 0.278. The third kappa shape index (κ3) is 3.19. The van der Waals surface area contributed by atoms with E-state index in [4.69, 9.17) is 0 Å². The highest BCUT2D eigenvalue weighted by atomic mass is 79.9. The van der Waals surface area contributed by atoms with Crippen LogP contribution in [0.2, 0.25) is 0 Å². The Morgan fingerprint density at radius 3 is 2.37 bits per heavy atom. The molecule has 0 radical (unpaired) electrons. The largest absolute Gasteiger partial charge is 0.313 e. The van der Waals surface area contributed by atoms with Crippen LogP contribution in [0.25, 0.3) is 0 Å². The first kappa shape index (κ1) is 14.6. The fourth-order valence-corrected chi connectivity index (χ4v) is 3.38. The van der Waals surface area contributed by atoms with Crippen LogP contribution in [0.5, 0.6) is 0 Å². The van der Waals surface area contributed by atoms with Crippen LogP contribution in [0.15, 0.2) is 28.1 Å². The van der Waals surface area contributed by atoms with E-state index in [-0.39, 0.29) is 6.04 Å². The van der Waals surface area contributed by atoms with Crippen molar-refractivity contribution < 1.29 is 13.2 Å². The molecule has 2 aromatic rings. The zero-order chi connectivity index (χ0) is 14.0. The summed E-state index contributed by atoms with van der Waals surface area (Å²) in [5, 5.41) is 4.92. The van der Waals surface area contributed by atoms with Gasteiger partial charge in [-0.2, -0.15) is 0 Å². The smallest absolute Gasteiger partial charge is 0.194 e. The minimum atomic E-state index is -1.43. The maximum Gasteiger partial charge on any atom is 0.194 e. The number of nitrogens with one attached hydrogen (secondary N) is 1. The van der Waals surface area contributed by atoms with Gasteiger partial charge in [-0.3, -0.25) is 0 Å². The van der Waals surface area contributed by atoms with E-state index in [0.29, 0.717) is 12.0 Å². The second-order valence-corrected chi connectivity index (χ2v) is 5.89. The number of halogens is 4. The molecule has 0 saturated carbocycles. The lowest BCUT2D eigenvalue weighted by Crippen LogP contribution is -2.19. The molecule has 0 aliphatic carbocycles. The zero-order valence-electron chi connectivity index (χ0n) is 10.0. The highest BCUT2D eigenvalue weighted by Crippen LogP contribution is 2.29. The molecule has 1 N–H and O–H groups in total. The highest BCUT2D eigenvalue weighted by Gasteiger charge is 2.18. The highest BCUT2D eigenvalue weighted by molar-refractivity contribution is 9.10. The number of rotatable bonds is 4. The first-order valence-electron chi connectivity index (χ1n) is 5.56. The summed E-state index contributed by atoms with van der Waals surface area (Å²) in [6.07, 6.45) is 0.569. The molecule has 6 heteroatoms. The molecule has 0 spiro atoms. The third-order valence-electron chi connectivity index (χ3n) is 2.84. The van der Waals surface area contributed by atoms with Crippen molar-refractivity contribution in [3.63, 3.8) is 0 Å². The van der Waals surface area contributed by atoms with Gasteiger partial charge in [0.1, 0.15) is 0 Å². The lowest BCUT2D eigenvalue weighted by Gasteiger charge is -2.16. The Labute approximate surface area is 121 Å². The van der Waals surface area contributed by atoms with E-state index in [1.54, 1.807) is 18.4 Å². The van der Waals surface area contributed by atoms with E-state index in [0.717, 1.165) is 21.5 Å². The van der Waals surface area contributed by atoms with Crippen molar-refractivity contribution in [2.75, 3.05) is 7.05 Å². The molecule has 0 bridgehead atoms. The van der Waals surface area contributed by atoms with Gasteiger partial charge in [0.2, 0.25) is 0 Å². The SMILES string of the molecule is CNC(Cc1sccc1Br)c1cc(F)c(F)c(F)c1. The average molecular weight is 350 g/mol. The van der Waals surface area contributed by atoms with Gasteiger partial charge in [-0.1, -0.05) is 0 Å². The Balaban J connectivity index is 2.30. The first-order valence-corrected chi connectivity index (χ1v) is 7.23. The van der Waals surface area contributed by atoms with Crippen molar-refractivity contribution in [1.82, 2.24) is 5.32 Å². The normalized spacial score (nSPS) is 12.7. The van der Waals surface area contributed by atoms with Gasteiger partial charge in [-0.15, -0.1) is 11.3 Å². The standard InChI is InChI=1S/C13H11BrF3NS/c1-18-11(6-12-8(14)2-3-19-12)7-4-9(15)13(17)10(16)5-7/h2-5,11,18H,6H2,1H3. The van der Waals surface area contributed by atoms with Crippen molar-refractivity contribution in [2.45, 2.75) is 12.5 Å². The molecule has 0 aliphatic heterocycles. The van der Waals surface area contributed by atoms with Gasteiger partial charge < -0.3 is 5.32 Å². The molecule has 0 saturated heterocycles. The van der Waals surface area contributed by atoms with Crippen LogP contribution in [0.1, 0.15) is 16.5 Å². The molecule has 0 aliphatic rings. The number of likely N-dealkylation sites (N-methyl/N-ethyl adjacent to an activating group) is 1. The Kier molecular flexibility index (Phi) is 4.65. The summed E-state index contributed by atoms with van der Waals surface area (Å²) in [4.78, 5) is 1.06. The number of thiophene rings is 1.